The van der Waals surface area contributed by atoms with Crippen LogP contribution < -0.4 is 20.5 Å². The summed E-state index contributed by atoms with van der Waals surface area (Å²) in [6.45, 7) is -0.0576. The SMILES string of the molecule is COc1ccc(C(N)=O)c(OCC(=O)NCc2ccc(F)cc2)c1. The van der Waals surface area contributed by atoms with E-state index in [0.29, 0.717) is 5.75 Å². The van der Waals surface area contributed by atoms with Gasteiger partial charge in [0.2, 0.25) is 0 Å². The molecule has 0 saturated heterocycles. The molecule has 2 aromatic rings. The third kappa shape index (κ3) is 4.70. The number of primary amides is 1. The van der Waals surface area contributed by atoms with Crippen molar-refractivity contribution in [1.29, 1.82) is 0 Å². The second-order valence-electron chi connectivity index (χ2n) is 4.92. The summed E-state index contributed by atoms with van der Waals surface area (Å²) in [7, 11) is 1.47. The van der Waals surface area contributed by atoms with Crippen LogP contribution in [0.1, 0.15) is 15.9 Å². The first-order chi connectivity index (χ1) is 11.5. The highest BCUT2D eigenvalue weighted by Crippen LogP contribution is 2.24. The van der Waals surface area contributed by atoms with Gasteiger partial charge in [-0.1, -0.05) is 12.1 Å². The number of benzene rings is 2. The van der Waals surface area contributed by atoms with Crippen molar-refractivity contribution >= 4 is 11.8 Å². The Labute approximate surface area is 138 Å². The van der Waals surface area contributed by atoms with E-state index in [9.17, 15) is 14.0 Å². The van der Waals surface area contributed by atoms with E-state index in [1.165, 1.54) is 31.4 Å². The zero-order valence-corrected chi connectivity index (χ0v) is 13.0. The van der Waals surface area contributed by atoms with Crippen LogP contribution in [-0.2, 0) is 11.3 Å². The molecule has 0 atom stereocenters. The molecule has 0 aliphatic carbocycles. The van der Waals surface area contributed by atoms with Crippen molar-refractivity contribution in [2.75, 3.05) is 13.7 Å². The summed E-state index contributed by atoms with van der Waals surface area (Å²) in [6, 6.07) is 10.3. The molecule has 126 valence electrons. The first kappa shape index (κ1) is 17.3. The number of hydrogen-bond acceptors (Lipinski definition) is 4. The molecule has 0 bridgehead atoms. The van der Waals surface area contributed by atoms with Crippen LogP contribution in [0.2, 0.25) is 0 Å². The van der Waals surface area contributed by atoms with E-state index in [-0.39, 0.29) is 30.3 Å². The highest BCUT2D eigenvalue weighted by atomic mass is 19.1. The fourth-order valence-corrected chi connectivity index (χ4v) is 1.95. The van der Waals surface area contributed by atoms with Gasteiger partial charge in [-0.2, -0.15) is 0 Å². The van der Waals surface area contributed by atoms with Crippen LogP contribution in [0.5, 0.6) is 11.5 Å². The van der Waals surface area contributed by atoms with Crippen molar-refractivity contribution in [1.82, 2.24) is 5.32 Å². The third-order valence-corrected chi connectivity index (χ3v) is 3.22. The number of ether oxygens (including phenoxy) is 2. The van der Waals surface area contributed by atoms with Gasteiger partial charge in [0.15, 0.2) is 6.61 Å². The fraction of sp³-hybridized carbons (Fsp3) is 0.176. The predicted molar refractivity (Wildman–Crippen MR) is 85.3 cm³/mol. The zero-order chi connectivity index (χ0) is 17.5. The molecule has 0 fully saturated rings. The number of carbonyl (C=O) groups is 2. The van der Waals surface area contributed by atoms with Crippen LogP contribution in [0, 0.1) is 5.82 Å². The van der Waals surface area contributed by atoms with Crippen molar-refractivity contribution in [2.45, 2.75) is 6.54 Å². The Kier molecular flexibility index (Phi) is 5.73. The molecule has 24 heavy (non-hydrogen) atoms. The van der Waals surface area contributed by atoms with Gasteiger partial charge in [0.05, 0.1) is 12.7 Å². The molecule has 6 nitrogen and oxygen atoms in total. The summed E-state index contributed by atoms with van der Waals surface area (Å²) in [6.07, 6.45) is 0. The molecule has 0 unspecified atom stereocenters. The van der Waals surface area contributed by atoms with E-state index in [1.54, 1.807) is 18.2 Å². The van der Waals surface area contributed by atoms with E-state index in [0.717, 1.165) is 5.56 Å². The lowest BCUT2D eigenvalue weighted by atomic mass is 10.2. The number of methoxy groups -OCH3 is 1. The molecule has 0 heterocycles. The standard InChI is InChI=1S/C17H17FN2O4/c1-23-13-6-7-14(17(19)22)15(8-13)24-10-16(21)20-9-11-2-4-12(18)5-3-11/h2-8H,9-10H2,1H3,(H2,19,22)(H,20,21). The molecular formula is C17H17FN2O4. The second kappa shape index (κ2) is 7.96. The molecule has 2 aromatic carbocycles. The van der Waals surface area contributed by atoms with Gasteiger partial charge in [0.25, 0.3) is 11.8 Å². The summed E-state index contributed by atoms with van der Waals surface area (Å²) in [5.41, 5.74) is 6.18. The van der Waals surface area contributed by atoms with Crippen LogP contribution >= 0.6 is 0 Å². The van der Waals surface area contributed by atoms with Crippen LogP contribution in [0.25, 0.3) is 0 Å². The Morgan fingerprint density at radius 1 is 1.17 bits per heavy atom. The van der Waals surface area contributed by atoms with Crippen LogP contribution in [-0.4, -0.2) is 25.5 Å². The molecule has 2 rings (SSSR count). The summed E-state index contributed by atoms with van der Waals surface area (Å²) in [4.78, 5) is 23.2. The van der Waals surface area contributed by atoms with E-state index in [4.69, 9.17) is 15.2 Å². The normalized spacial score (nSPS) is 10.1. The lowest BCUT2D eigenvalue weighted by molar-refractivity contribution is -0.123. The minimum absolute atomic E-state index is 0.155. The number of rotatable bonds is 7. The zero-order valence-electron chi connectivity index (χ0n) is 13.0. The van der Waals surface area contributed by atoms with E-state index < -0.39 is 11.8 Å². The van der Waals surface area contributed by atoms with Gasteiger partial charge in [-0.15, -0.1) is 0 Å². The number of halogens is 1. The minimum Gasteiger partial charge on any atom is -0.497 e. The highest BCUT2D eigenvalue weighted by Gasteiger charge is 2.12. The van der Waals surface area contributed by atoms with Crippen LogP contribution in [0.4, 0.5) is 4.39 Å². The molecular weight excluding hydrogens is 315 g/mol. The lowest BCUT2D eigenvalue weighted by Gasteiger charge is -2.11. The Bertz CT molecular complexity index is 732. The monoisotopic (exact) mass is 332 g/mol. The molecule has 7 heteroatoms. The number of hydrogen-bond donors (Lipinski definition) is 2. The summed E-state index contributed by atoms with van der Waals surface area (Å²) < 4.78 is 23.2. The second-order valence-corrected chi connectivity index (χ2v) is 4.92. The average Bonchev–Trinajstić information content (AvgIpc) is 2.59. The lowest BCUT2D eigenvalue weighted by Crippen LogP contribution is -2.28. The maximum atomic E-state index is 12.8. The molecule has 0 radical (unpaired) electrons. The minimum atomic E-state index is -0.667. The summed E-state index contributed by atoms with van der Waals surface area (Å²) in [5, 5.41) is 2.63. The molecule has 0 aliphatic heterocycles. The van der Waals surface area contributed by atoms with Crippen molar-refractivity contribution in [3.05, 3.63) is 59.4 Å². The van der Waals surface area contributed by atoms with Crippen LogP contribution in [0.3, 0.4) is 0 Å². The van der Waals surface area contributed by atoms with Gasteiger partial charge >= 0.3 is 0 Å². The number of carbonyl (C=O) groups excluding carboxylic acids is 2. The molecule has 0 aliphatic rings. The van der Waals surface area contributed by atoms with Gasteiger partial charge in [0, 0.05) is 12.6 Å². The van der Waals surface area contributed by atoms with Gasteiger partial charge in [0.1, 0.15) is 17.3 Å². The van der Waals surface area contributed by atoms with E-state index >= 15 is 0 Å². The van der Waals surface area contributed by atoms with Crippen LogP contribution in [0.15, 0.2) is 42.5 Å². The molecule has 0 aromatic heterocycles. The van der Waals surface area contributed by atoms with Crippen molar-refractivity contribution < 1.29 is 23.5 Å². The first-order valence-corrected chi connectivity index (χ1v) is 7.11. The van der Waals surface area contributed by atoms with Gasteiger partial charge in [-0.25, -0.2) is 4.39 Å². The molecule has 3 N–H and O–H groups in total. The molecule has 0 saturated carbocycles. The van der Waals surface area contributed by atoms with E-state index in [1.807, 2.05) is 0 Å². The molecule has 2 amide bonds. The average molecular weight is 332 g/mol. The predicted octanol–water partition coefficient (Wildman–Crippen LogP) is 1.63. The Morgan fingerprint density at radius 3 is 2.50 bits per heavy atom. The third-order valence-electron chi connectivity index (χ3n) is 3.22. The summed E-state index contributed by atoms with van der Waals surface area (Å²) >= 11 is 0. The maximum absolute atomic E-state index is 12.8. The van der Waals surface area contributed by atoms with E-state index in [2.05, 4.69) is 5.32 Å². The quantitative estimate of drug-likeness (QED) is 0.806. The largest absolute Gasteiger partial charge is 0.497 e. The van der Waals surface area contributed by atoms with Gasteiger partial charge in [-0.05, 0) is 29.8 Å². The smallest absolute Gasteiger partial charge is 0.258 e. The number of nitrogens with two attached hydrogens (primary N) is 1. The maximum Gasteiger partial charge on any atom is 0.258 e. The number of amides is 2. The molecule has 0 spiro atoms. The Morgan fingerprint density at radius 2 is 1.88 bits per heavy atom. The topological polar surface area (TPSA) is 90.7 Å². The summed E-state index contributed by atoms with van der Waals surface area (Å²) in [5.74, 6) is -0.761. The fourth-order valence-electron chi connectivity index (χ4n) is 1.95. The van der Waals surface area contributed by atoms with Crippen molar-refractivity contribution in [3.8, 4) is 11.5 Å². The Hall–Kier alpha value is -3.09. The van der Waals surface area contributed by atoms with Crippen molar-refractivity contribution in [3.63, 3.8) is 0 Å². The van der Waals surface area contributed by atoms with Gasteiger partial charge in [-0.3, -0.25) is 9.59 Å². The van der Waals surface area contributed by atoms with Gasteiger partial charge < -0.3 is 20.5 Å². The highest BCUT2D eigenvalue weighted by molar-refractivity contribution is 5.96. The Balaban J connectivity index is 1.93. The number of nitrogens with one attached hydrogen (secondary N) is 1. The van der Waals surface area contributed by atoms with Crippen molar-refractivity contribution in [2.24, 2.45) is 5.73 Å². The first-order valence-electron chi connectivity index (χ1n) is 7.11.